The molecule has 4 rings (SSSR count). The fourth-order valence-electron chi connectivity index (χ4n) is 4.29. The maximum Gasteiger partial charge on any atom is 0.181 e. The zero-order valence-electron chi connectivity index (χ0n) is 14.7. The van der Waals surface area contributed by atoms with Crippen molar-refractivity contribution in [2.45, 2.75) is 50.2 Å². The lowest BCUT2D eigenvalue weighted by Crippen LogP contribution is -2.26. The van der Waals surface area contributed by atoms with E-state index in [2.05, 4.69) is 29.2 Å². The first kappa shape index (κ1) is 16.3. The van der Waals surface area contributed by atoms with Gasteiger partial charge in [-0.25, -0.2) is 0 Å². The van der Waals surface area contributed by atoms with Crippen molar-refractivity contribution in [1.82, 2.24) is 4.90 Å². The van der Waals surface area contributed by atoms with Crippen LogP contribution in [0.1, 0.15) is 54.1 Å². The molecule has 0 amide bonds. The number of rotatable bonds is 5. The minimum atomic E-state index is -0.0149. The summed E-state index contributed by atoms with van der Waals surface area (Å²) in [6, 6.07) is 18.8. The van der Waals surface area contributed by atoms with Gasteiger partial charge in [-0.2, -0.15) is 0 Å². The normalized spacial score (nSPS) is 26.2. The summed E-state index contributed by atoms with van der Waals surface area (Å²) < 4.78 is 5.21. The highest BCUT2D eigenvalue weighted by molar-refractivity contribution is 6.02. The van der Waals surface area contributed by atoms with Gasteiger partial charge in [-0.3, -0.25) is 9.69 Å². The predicted octanol–water partition coefficient (Wildman–Crippen LogP) is 4.64. The number of carbonyl (C=O) groups excluding carboxylic acids is 1. The monoisotopic (exact) mass is 335 g/mol. The first-order valence-electron chi connectivity index (χ1n) is 9.30. The van der Waals surface area contributed by atoms with E-state index in [-0.39, 0.29) is 17.9 Å². The van der Waals surface area contributed by atoms with E-state index in [1.54, 1.807) is 7.11 Å². The lowest BCUT2D eigenvalue weighted by Gasteiger charge is -2.24. The second kappa shape index (κ2) is 7.01. The van der Waals surface area contributed by atoms with Crippen LogP contribution in [0.25, 0.3) is 0 Å². The standard InChI is InChI=1S/C22H25NO2/c1-25-19-14-12-17(13-15-19)22(24)21-20(16-8-4-2-5-9-16)23(21)18-10-6-3-7-11-18/h2,4-5,8-9,12-15,18,20-21H,3,6-7,10-11H2,1H3. The summed E-state index contributed by atoms with van der Waals surface area (Å²) in [5, 5.41) is 0. The molecule has 25 heavy (non-hydrogen) atoms. The third kappa shape index (κ3) is 3.21. The number of hydrogen-bond donors (Lipinski definition) is 0. The number of ether oxygens (including phenoxy) is 1. The van der Waals surface area contributed by atoms with Crippen molar-refractivity contribution >= 4 is 5.78 Å². The summed E-state index contributed by atoms with van der Waals surface area (Å²) in [6.07, 6.45) is 6.33. The van der Waals surface area contributed by atoms with Crippen molar-refractivity contribution in [1.29, 1.82) is 0 Å². The first-order chi connectivity index (χ1) is 12.3. The first-order valence-corrected chi connectivity index (χ1v) is 9.30. The van der Waals surface area contributed by atoms with Gasteiger partial charge in [0, 0.05) is 11.6 Å². The average molecular weight is 335 g/mol. The molecule has 3 heteroatoms. The summed E-state index contributed by atoms with van der Waals surface area (Å²) in [6.45, 7) is 0. The lowest BCUT2D eigenvalue weighted by molar-refractivity contribution is 0.0963. The molecule has 2 aliphatic rings. The Balaban J connectivity index is 1.59. The maximum absolute atomic E-state index is 13.2. The van der Waals surface area contributed by atoms with Gasteiger partial charge in [-0.15, -0.1) is 0 Å². The molecule has 1 saturated heterocycles. The minimum Gasteiger partial charge on any atom is -0.497 e. The van der Waals surface area contributed by atoms with Crippen LogP contribution in [0.2, 0.25) is 0 Å². The summed E-state index contributed by atoms with van der Waals surface area (Å²) in [5.41, 5.74) is 2.05. The third-order valence-corrected chi connectivity index (χ3v) is 5.63. The Morgan fingerprint density at radius 3 is 2.28 bits per heavy atom. The zero-order valence-corrected chi connectivity index (χ0v) is 14.7. The summed E-state index contributed by atoms with van der Waals surface area (Å²) in [4.78, 5) is 15.6. The molecule has 0 spiro atoms. The van der Waals surface area contributed by atoms with Crippen molar-refractivity contribution in [2.24, 2.45) is 0 Å². The van der Waals surface area contributed by atoms with Crippen LogP contribution >= 0.6 is 0 Å². The van der Waals surface area contributed by atoms with Crippen LogP contribution < -0.4 is 4.74 Å². The van der Waals surface area contributed by atoms with E-state index in [1.165, 1.54) is 37.7 Å². The molecule has 3 nitrogen and oxygen atoms in total. The highest BCUT2D eigenvalue weighted by Gasteiger charge is 2.55. The number of methoxy groups -OCH3 is 1. The van der Waals surface area contributed by atoms with Crippen LogP contribution in [0.15, 0.2) is 54.6 Å². The molecular weight excluding hydrogens is 310 g/mol. The Hall–Kier alpha value is -2.13. The quantitative estimate of drug-likeness (QED) is 0.589. The molecule has 2 fully saturated rings. The van der Waals surface area contributed by atoms with E-state index < -0.39 is 0 Å². The molecule has 130 valence electrons. The van der Waals surface area contributed by atoms with Crippen LogP contribution in [0.4, 0.5) is 0 Å². The van der Waals surface area contributed by atoms with E-state index >= 15 is 0 Å². The van der Waals surface area contributed by atoms with Gasteiger partial charge >= 0.3 is 0 Å². The van der Waals surface area contributed by atoms with Crippen LogP contribution in [0, 0.1) is 0 Å². The number of benzene rings is 2. The third-order valence-electron chi connectivity index (χ3n) is 5.63. The summed E-state index contributed by atoms with van der Waals surface area (Å²) in [5.74, 6) is 1.03. The van der Waals surface area contributed by atoms with E-state index in [0.29, 0.717) is 6.04 Å². The highest BCUT2D eigenvalue weighted by atomic mass is 16.5. The van der Waals surface area contributed by atoms with Gasteiger partial charge in [0.05, 0.1) is 19.2 Å². The van der Waals surface area contributed by atoms with Crippen LogP contribution in [-0.2, 0) is 0 Å². The second-order valence-electron chi connectivity index (χ2n) is 7.13. The Morgan fingerprint density at radius 2 is 1.64 bits per heavy atom. The molecular formula is C22H25NO2. The Kier molecular flexibility index (Phi) is 4.58. The second-order valence-corrected chi connectivity index (χ2v) is 7.13. The van der Waals surface area contributed by atoms with Gasteiger partial charge in [-0.05, 0) is 42.7 Å². The molecule has 0 N–H and O–H groups in total. The fourth-order valence-corrected chi connectivity index (χ4v) is 4.29. The summed E-state index contributed by atoms with van der Waals surface area (Å²) in [7, 11) is 1.65. The van der Waals surface area contributed by atoms with Gasteiger partial charge in [0.2, 0.25) is 0 Å². The van der Waals surface area contributed by atoms with Crippen molar-refractivity contribution < 1.29 is 9.53 Å². The molecule has 1 aliphatic heterocycles. The lowest BCUT2D eigenvalue weighted by atomic mass is 9.95. The van der Waals surface area contributed by atoms with Gasteiger partial charge in [0.15, 0.2) is 5.78 Å². The molecule has 2 aromatic rings. The van der Waals surface area contributed by atoms with Gasteiger partial charge in [0.1, 0.15) is 5.75 Å². The molecule has 1 saturated carbocycles. The van der Waals surface area contributed by atoms with Crippen LogP contribution in [0.5, 0.6) is 5.75 Å². The SMILES string of the molecule is COc1ccc(C(=O)C2C(c3ccccc3)N2C2CCCCC2)cc1. The Morgan fingerprint density at radius 1 is 0.960 bits per heavy atom. The molecule has 3 atom stereocenters. The molecule has 1 heterocycles. The number of hydrogen-bond acceptors (Lipinski definition) is 3. The number of carbonyl (C=O) groups is 1. The van der Waals surface area contributed by atoms with E-state index in [0.717, 1.165) is 11.3 Å². The van der Waals surface area contributed by atoms with Gasteiger partial charge in [0.25, 0.3) is 0 Å². The number of nitrogens with zero attached hydrogens (tertiary/aromatic N) is 1. The van der Waals surface area contributed by atoms with E-state index in [4.69, 9.17) is 4.74 Å². The molecule has 2 aromatic carbocycles. The van der Waals surface area contributed by atoms with Crippen molar-refractivity contribution in [3.05, 3.63) is 65.7 Å². The summed E-state index contributed by atoms with van der Waals surface area (Å²) >= 11 is 0. The van der Waals surface area contributed by atoms with Crippen molar-refractivity contribution in [3.63, 3.8) is 0 Å². The molecule has 1 aliphatic carbocycles. The fraction of sp³-hybridized carbons (Fsp3) is 0.409. The molecule has 0 bridgehead atoms. The number of ketones is 1. The predicted molar refractivity (Wildman–Crippen MR) is 99.0 cm³/mol. The zero-order chi connectivity index (χ0) is 17.2. The van der Waals surface area contributed by atoms with Crippen LogP contribution in [-0.4, -0.2) is 29.9 Å². The van der Waals surface area contributed by atoms with E-state index in [1.807, 2.05) is 30.3 Å². The minimum absolute atomic E-state index is 0.0149. The van der Waals surface area contributed by atoms with Gasteiger partial charge in [-0.1, -0.05) is 49.6 Å². The molecule has 3 unspecified atom stereocenters. The Bertz CT molecular complexity index is 719. The maximum atomic E-state index is 13.2. The Labute approximate surface area is 149 Å². The molecule has 0 aromatic heterocycles. The van der Waals surface area contributed by atoms with Crippen molar-refractivity contribution in [3.8, 4) is 5.75 Å². The van der Waals surface area contributed by atoms with Gasteiger partial charge < -0.3 is 4.74 Å². The van der Waals surface area contributed by atoms with Crippen molar-refractivity contribution in [2.75, 3.05) is 7.11 Å². The van der Waals surface area contributed by atoms with Crippen LogP contribution in [0.3, 0.4) is 0 Å². The smallest absolute Gasteiger partial charge is 0.181 e. The molecule has 0 radical (unpaired) electrons. The highest BCUT2D eigenvalue weighted by Crippen LogP contribution is 2.49. The average Bonchev–Trinajstić information content (AvgIpc) is 3.44. The number of Topliss-reactive ketones (excluding diaryl/α,β-unsaturated/α-hetero) is 1. The van der Waals surface area contributed by atoms with E-state index in [9.17, 15) is 4.79 Å². The largest absolute Gasteiger partial charge is 0.497 e. The topological polar surface area (TPSA) is 29.3 Å².